The summed E-state index contributed by atoms with van der Waals surface area (Å²) in [6.45, 7) is 7.24. The summed E-state index contributed by atoms with van der Waals surface area (Å²) < 4.78 is 6.19. The Morgan fingerprint density at radius 2 is 2.11 bits per heavy atom. The molecular formula is C14H21BrN2O2. The van der Waals surface area contributed by atoms with E-state index in [0.29, 0.717) is 5.75 Å². The van der Waals surface area contributed by atoms with Gasteiger partial charge >= 0.3 is 0 Å². The first-order valence-corrected chi connectivity index (χ1v) is 7.40. The van der Waals surface area contributed by atoms with Crippen molar-refractivity contribution in [1.82, 2.24) is 10.2 Å². The highest BCUT2D eigenvalue weighted by Gasteiger charge is 2.16. The van der Waals surface area contributed by atoms with Gasteiger partial charge in [0.15, 0.2) is 11.5 Å². The molecule has 0 aromatic heterocycles. The third kappa shape index (κ3) is 3.41. The van der Waals surface area contributed by atoms with Crippen molar-refractivity contribution in [2.24, 2.45) is 0 Å². The van der Waals surface area contributed by atoms with Gasteiger partial charge in [0.25, 0.3) is 0 Å². The second-order valence-corrected chi connectivity index (χ2v) is 5.71. The van der Waals surface area contributed by atoms with E-state index in [1.807, 2.05) is 13.0 Å². The molecule has 0 amide bonds. The van der Waals surface area contributed by atoms with Gasteiger partial charge in [0.1, 0.15) is 0 Å². The zero-order valence-electron chi connectivity index (χ0n) is 11.5. The van der Waals surface area contributed by atoms with Crippen molar-refractivity contribution in [3.8, 4) is 11.5 Å². The van der Waals surface area contributed by atoms with Crippen molar-refractivity contribution in [3.63, 3.8) is 0 Å². The van der Waals surface area contributed by atoms with Crippen molar-refractivity contribution < 1.29 is 9.84 Å². The Morgan fingerprint density at radius 1 is 1.42 bits per heavy atom. The summed E-state index contributed by atoms with van der Waals surface area (Å²) in [5.74, 6) is 0.811. The first kappa shape index (κ1) is 14.6. The lowest BCUT2D eigenvalue weighted by atomic mass is 10.0. The van der Waals surface area contributed by atoms with Gasteiger partial charge < -0.3 is 20.1 Å². The molecule has 0 spiro atoms. The van der Waals surface area contributed by atoms with Gasteiger partial charge in [-0.25, -0.2) is 0 Å². The molecular weight excluding hydrogens is 308 g/mol. The van der Waals surface area contributed by atoms with Crippen molar-refractivity contribution in [2.75, 3.05) is 39.8 Å². The van der Waals surface area contributed by atoms with E-state index in [1.165, 1.54) is 0 Å². The number of methoxy groups -OCH3 is 1. The second-order valence-electron chi connectivity index (χ2n) is 4.85. The third-order valence-electron chi connectivity index (χ3n) is 3.70. The van der Waals surface area contributed by atoms with Gasteiger partial charge in [-0.2, -0.15) is 0 Å². The topological polar surface area (TPSA) is 44.7 Å². The smallest absolute Gasteiger partial charge is 0.161 e. The Hall–Kier alpha value is -0.780. The minimum absolute atomic E-state index is 0.276. The largest absolute Gasteiger partial charge is 0.504 e. The summed E-state index contributed by atoms with van der Waals surface area (Å²) >= 11 is 3.52. The van der Waals surface area contributed by atoms with Gasteiger partial charge in [-0.15, -0.1) is 0 Å². The van der Waals surface area contributed by atoms with Crippen LogP contribution >= 0.6 is 15.9 Å². The molecule has 0 unspecified atom stereocenters. The Morgan fingerprint density at radius 3 is 2.74 bits per heavy atom. The maximum Gasteiger partial charge on any atom is 0.161 e. The molecule has 1 aliphatic heterocycles. The van der Waals surface area contributed by atoms with Crippen LogP contribution in [-0.2, 0) is 6.42 Å². The molecule has 1 fully saturated rings. The lowest BCUT2D eigenvalue weighted by molar-refractivity contribution is 0.243. The standard InChI is InChI=1S/C14H21BrN2O2/c1-10-11(3-6-17-7-4-16-5-8-17)14(18)13(19-2)9-12(10)15/h9,16,18H,3-8H2,1-2H3. The lowest BCUT2D eigenvalue weighted by Gasteiger charge is -2.27. The fourth-order valence-corrected chi connectivity index (χ4v) is 2.88. The van der Waals surface area contributed by atoms with Crippen molar-refractivity contribution >= 4 is 15.9 Å². The van der Waals surface area contributed by atoms with E-state index in [2.05, 4.69) is 26.1 Å². The number of nitrogens with one attached hydrogen (secondary N) is 1. The van der Waals surface area contributed by atoms with Crippen LogP contribution in [0.3, 0.4) is 0 Å². The molecule has 0 saturated carbocycles. The molecule has 1 aromatic rings. The van der Waals surface area contributed by atoms with Crippen LogP contribution in [0.5, 0.6) is 11.5 Å². The fourth-order valence-electron chi connectivity index (χ4n) is 2.43. The molecule has 0 aliphatic carbocycles. The first-order valence-electron chi connectivity index (χ1n) is 6.61. The number of aromatic hydroxyl groups is 1. The predicted molar refractivity (Wildman–Crippen MR) is 80.1 cm³/mol. The molecule has 19 heavy (non-hydrogen) atoms. The van der Waals surface area contributed by atoms with E-state index >= 15 is 0 Å². The minimum Gasteiger partial charge on any atom is -0.504 e. The minimum atomic E-state index is 0.276. The number of halogens is 1. The average Bonchev–Trinajstić information content (AvgIpc) is 2.44. The van der Waals surface area contributed by atoms with Crippen LogP contribution in [0.4, 0.5) is 0 Å². The Labute approximate surface area is 122 Å². The number of phenolic OH excluding ortho intramolecular Hbond substituents is 1. The third-order valence-corrected chi connectivity index (χ3v) is 4.52. The SMILES string of the molecule is COc1cc(Br)c(C)c(CCN2CCNCC2)c1O. The first-order chi connectivity index (χ1) is 9.13. The predicted octanol–water partition coefficient (Wildman–Crippen LogP) is 1.92. The zero-order valence-corrected chi connectivity index (χ0v) is 13.1. The van der Waals surface area contributed by atoms with Crippen LogP contribution in [-0.4, -0.2) is 49.8 Å². The molecule has 1 heterocycles. The van der Waals surface area contributed by atoms with Crippen LogP contribution in [0, 0.1) is 6.92 Å². The lowest BCUT2D eigenvalue weighted by Crippen LogP contribution is -2.44. The van der Waals surface area contributed by atoms with Gasteiger partial charge in [0, 0.05) is 42.8 Å². The average molecular weight is 329 g/mol. The van der Waals surface area contributed by atoms with Gasteiger partial charge in [-0.1, -0.05) is 15.9 Å². The molecule has 1 saturated heterocycles. The molecule has 5 heteroatoms. The molecule has 0 bridgehead atoms. The molecule has 1 aromatic carbocycles. The number of nitrogens with zero attached hydrogens (tertiary/aromatic N) is 1. The number of hydrogen-bond donors (Lipinski definition) is 2. The van der Waals surface area contributed by atoms with Gasteiger partial charge in [-0.05, 0) is 25.0 Å². The van der Waals surface area contributed by atoms with Crippen LogP contribution in [0.25, 0.3) is 0 Å². The quantitative estimate of drug-likeness (QED) is 0.886. The van der Waals surface area contributed by atoms with Crippen molar-refractivity contribution in [3.05, 3.63) is 21.7 Å². The summed E-state index contributed by atoms with van der Waals surface area (Å²) in [6.07, 6.45) is 0.841. The number of hydrogen-bond acceptors (Lipinski definition) is 4. The van der Waals surface area contributed by atoms with E-state index in [9.17, 15) is 5.11 Å². The number of phenols is 1. The summed E-state index contributed by atoms with van der Waals surface area (Å²) in [5, 5.41) is 13.6. The van der Waals surface area contributed by atoms with Gasteiger partial charge in [-0.3, -0.25) is 0 Å². The normalized spacial score (nSPS) is 16.6. The maximum absolute atomic E-state index is 10.2. The Balaban J connectivity index is 2.12. The van der Waals surface area contributed by atoms with Gasteiger partial charge in [0.05, 0.1) is 7.11 Å². The summed E-state index contributed by atoms with van der Waals surface area (Å²) in [7, 11) is 1.58. The zero-order chi connectivity index (χ0) is 13.8. The molecule has 1 aliphatic rings. The maximum atomic E-state index is 10.2. The van der Waals surface area contributed by atoms with E-state index in [1.54, 1.807) is 7.11 Å². The molecule has 2 rings (SSSR count). The van der Waals surface area contributed by atoms with E-state index < -0.39 is 0 Å². The fraction of sp³-hybridized carbons (Fsp3) is 0.571. The monoisotopic (exact) mass is 328 g/mol. The van der Waals surface area contributed by atoms with E-state index in [0.717, 1.165) is 54.7 Å². The van der Waals surface area contributed by atoms with Crippen LogP contribution < -0.4 is 10.1 Å². The Bertz CT molecular complexity index is 446. The summed E-state index contributed by atoms with van der Waals surface area (Å²) in [4.78, 5) is 2.42. The van der Waals surface area contributed by atoms with E-state index in [-0.39, 0.29) is 5.75 Å². The van der Waals surface area contributed by atoms with Crippen LogP contribution in [0.15, 0.2) is 10.5 Å². The van der Waals surface area contributed by atoms with Crippen molar-refractivity contribution in [1.29, 1.82) is 0 Å². The Kier molecular flexibility index (Phi) is 5.07. The molecule has 4 nitrogen and oxygen atoms in total. The number of rotatable bonds is 4. The molecule has 0 atom stereocenters. The highest BCUT2D eigenvalue weighted by Crippen LogP contribution is 2.37. The van der Waals surface area contributed by atoms with Gasteiger partial charge in [0.2, 0.25) is 0 Å². The van der Waals surface area contributed by atoms with Crippen LogP contribution in [0.2, 0.25) is 0 Å². The highest BCUT2D eigenvalue weighted by molar-refractivity contribution is 9.10. The molecule has 2 N–H and O–H groups in total. The number of ether oxygens (including phenoxy) is 1. The molecule has 106 valence electrons. The van der Waals surface area contributed by atoms with Crippen LogP contribution in [0.1, 0.15) is 11.1 Å². The molecule has 0 radical (unpaired) electrons. The summed E-state index contributed by atoms with van der Waals surface area (Å²) in [6, 6.07) is 1.82. The highest BCUT2D eigenvalue weighted by atomic mass is 79.9. The van der Waals surface area contributed by atoms with Crippen molar-refractivity contribution in [2.45, 2.75) is 13.3 Å². The number of piperazine rings is 1. The van der Waals surface area contributed by atoms with E-state index in [4.69, 9.17) is 4.74 Å². The summed E-state index contributed by atoms with van der Waals surface area (Å²) in [5.41, 5.74) is 2.07. The number of benzene rings is 1. The second kappa shape index (κ2) is 6.59.